The third-order valence-electron chi connectivity index (χ3n) is 2.14. The fraction of sp³-hybridized carbons (Fsp3) is 0.455. The average Bonchev–Trinajstić information content (AvgIpc) is 2.73. The van der Waals surface area contributed by atoms with Gasteiger partial charge in [-0.3, -0.25) is 4.79 Å². The van der Waals surface area contributed by atoms with Crippen LogP contribution in [0.2, 0.25) is 0 Å². The Labute approximate surface area is 104 Å². The number of carbonyl (C=O) groups excluding carboxylic acids is 2. The highest BCUT2D eigenvalue weighted by atomic mass is 16.5. The van der Waals surface area contributed by atoms with Crippen molar-refractivity contribution in [2.45, 2.75) is 20.3 Å². The van der Waals surface area contributed by atoms with Crippen molar-refractivity contribution in [3.63, 3.8) is 0 Å². The summed E-state index contributed by atoms with van der Waals surface area (Å²) in [6, 6.07) is 1.67. The lowest BCUT2D eigenvalue weighted by Gasteiger charge is -2.10. The molecule has 7 nitrogen and oxygen atoms in total. The fourth-order valence-electron chi connectivity index (χ4n) is 1.23. The molecule has 0 aromatic carbocycles. The zero-order chi connectivity index (χ0) is 13.7. The molecule has 0 unspecified atom stereocenters. The molecule has 0 radical (unpaired) electrons. The number of amides is 1. The number of methoxy groups -OCH3 is 1. The van der Waals surface area contributed by atoms with E-state index in [0.29, 0.717) is 11.5 Å². The number of likely N-dealkylation sites (N-methyl/N-ethyl adjacent to an activating group) is 1. The van der Waals surface area contributed by atoms with Crippen LogP contribution >= 0.6 is 0 Å². The van der Waals surface area contributed by atoms with Crippen molar-refractivity contribution in [2.24, 2.45) is 5.10 Å². The third-order valence-corrected chi connectivity index (χ3v) is 2.14. The number of ether oxygens (including phenoxy) is 1. The van der Waals surface area contributed by atoms with Gasteiger partial charge in [0, 0.05) is 13.1 Å². The van der Waals surface area contributed by atoms with Gasteiger partial charge < -0.3 is 9.26 Å². The van der Waals surface area contributed by atoms with E-state index in [1.165, 1.54) is 21.1 Å². The van der Waals surface area contributed by atoms with Gasteiger partial charge in [0.25, 0.3) is 0 Å². The molecule has 1 heterocycles. The highest BCUT2D eigenvalue weighted by Crippen LogP contribution is 2.05. The molecule has 1 rings (SSSR count). The number of hydrogen-bond donors (Lipinski definition) is 0. The quantitative estimate of drug-likeness (QED) is 0.444. The van der Waals surface area contributed by atoms with E-state index >= 15 is 0 Å². The first-order chi connectivity index (χ1) is 8.43. The fourth-order valence-corrected chi connectivity index (χ4v) is 1.23. The Hall–Kier alpha value is -2.18. The van der Waals surface area contributed by atoms with Crippen LogP contribution in [0.25, 0.3) is 0 Å². The van der Waals surface area contributed by atoms with Crippen molar-refractivity contribution < 1.29 is 18.8 Å². The molecule has 0 aliphatic heterocycles. The molecule has 0 atom stereocenters. The second-order valence-electron chi connectivity index (χ2n) is 3.71. The molecule has 7 heteroatoms. The predicted octanol–water partition coefficient (Wildman–Crippen LogP) is 0.533. The van der Waals surface area contributed by atoms with E-state index in [1.807, 2.05) is 0 Å². The van der Waals surface area contributed by atoms with Gasteiger partial charge in [-0.15, -0.1) is 0 Å². The molecule has 0 saturated carbocycles. The van der Waals surface area contributed by atoms with E-state index in [2.05, 4.69) is 15.0 Å². The van der Waals surface area contributed by atoms with E-state index in [9.17, 15) is 9.59 Å². The van der Waals surface area contributed by atoms with E-state index in [4.69, 9.17) is 4.52 Å². The monoisotopic (exact) mass is 253 g/mol. The Morgan fingerprint density at radius 1 is 1.56 bits per heavy atom. The molecular weight excluding hydrogens is 238 g/mol. The normalized spacial score (nSPS) is 11.2. The number of aromatic nitrogens is 1. The van der Waals surface area contributed by atoms with Gasteiger partial charge in [0.2, 0.25) is 5.91 Å². The van der Waals surface area contributed by atoms with Crippen LogP contribution < -0.4 is 0 Å². The average molecular weight is 253 g/mol. The molecule has 0 aliphatic carbocycles. The maximum atomic E-state index is 11.7. The molecule has 1 aromatic heterocycles. The van der Waals surface area contributed by atoms with Crippen molar-refractivity contribution in [3.05, 3.63) is 17.5 Å². The topological polar surface area (TPSA) is 85.0 Å². The van der Waals surface area contributed by atoms with Crippen LogP contribution in [-0.2, 0) is 20.7 Å². The number of nitrogens with zero attached hydrogens (tertiary/aromatic N) is 3. The molecular formula is C11H15N3O4. The first-order valence-electron chi connectivity index (χ1n) is 5.26. The van der Waals surface area contributed by atoms with Gasteiger partial charge in [0.1, 0.15) is 11.5 Å². The van der Waals surface area contributed by atoms with Crippen molar-refractivity contribution >= 4 is 17.6 Å². The highest BCUT2D eigenvalue weighted by Gasteiger charge is 2.14. The molecule has 1 amide bonds. The molecule has 0 saturated heterocycles. The second kappa shape index (κ2) is 5.95. The van der Waals surface area contributed by atoms with Crippen LogP contribution in [-0.4, -0.2) is 41.9 Å². The summed E-state index contributed by atoms with van der Waals surface area (Å²) in [6.45, 7) is 3.23. The van der Waals surface area contributed by atoms with Crippen LogP contribution in [0.1, 0.15) is 18.4 Å². The van der Waals surface area contributed by atoms with Crippen molar-refractivity contribution in [2.75, 3.05) is 14.2 Å². The number of esters is 1. The minimum Gasteiger partial charge on any atom is -0.464 e. The Bertz CT molecular complexity index is 478. The maximum absolute atomic E-state index is 11.7. The molecule has 0 N–H and O–H groups in total. The molecule has 98 valence electrons. The lowest BCUT2D eigenvalue weighted by molar-refractivity contribution is -0.132. The van der Waals surface area contributed by atoms with Gasteiger partial charge >= 0.3 is 5.97 Å². The smallest absolute Gasteiger partial charge is 0.353 e. The van der Waals surface area contributed by atoms with Crippen molar-refractivity contribution in [1.82, 2.24) is 10.2 Å². The number of hydrogen-bond acceptors (Lipinski definition) is 6. The summed E-state index contributed by atoms with van der Waals surface area (Å²) in [7, 11) is 2.71. The number of aryl methyl sites for hydroxylation is 1. The number of carbonyl (C=O) groups is 2. The van der Waals surface area contributed by atoms with Gasteiger partial charge in [0.05, 0.1) is 19.2 Å². The van der Waals surface area contributed by atoms with Crippen LogP contribution in [0.15, 0.2) is 15.7 Å². The standard InChI is InChI=1S/C11H15N3O4/c1-7-5-9(18-13-7)6-10(15)14(3)12-8(2)11(16)17-4/h5H,6H2,1-4H3. The van der Waals surface area contributed by atoms with Gasteiger partial charge in [-0.05, 0) is 13.8 Å². The van der Waals surface area contributed by atoms with Gasteiger partial charge in [-0.2, -0.15) is 5.10 Å². The lowest BCUT2D eigenvalue weighted by atomic mass is 10.3. The Balaban J connectivity index is 2.64. The van der Waals surface area contributed by atoms with E-state index in [0.717, 1.165) is 5.01 Å². The predicted molar refractivity (Wildman–Crippen MR) is 62.8 cm³/mol. The van der Waals surface area contributed by atoms with E-state index in [-0.39, 0.29) is 18.0 Å². The minimum absolute atomic E-state index is 0.0370. The Morgan fingerprint density at radius 3 is 2.72 bits per heavy atom. The third kappa shape index (κ3) is 3.69. The summed E-state index contributed by atoms with van der Waals surface area (Å²) in [6.07, 6.45) is 0.0370. The zero-order valence-electron chi connectivity index (χ0n) is 10.8. The van der Waals surface area contributed by atoms with Crippen LogP contribution in [0, 0.1) is 6.92 Å². The SMILES string of the molecule is COC(=O)C(C)=NN(C)C(=O)Cc1cc(C)no1. The van der Waals surface area contributed by atoms with Gasteiger partial charge in [-0.25, -0.2) is 9.80 Å². The maximum Gasteiger partial charge on any atom is 0.353 e. The Kier molecular flexibility index (Phi) is 4.59. The van der Waals surface area contributed by atoms with Crippen molar-refractivity contribution in [1.29, 1.82) is 0 Å². The number of hydrazone groups is 1. The summed E-state index contributed by atoms with van der Waals surface area (Å²) >= 11 is 0. The molecule has 0 bridgehead atoms. The summed E-state index contributed by atoms with van der Waals surface area (Å²) in [5.74, 6) is -0.435. The summed E-state index contributed by atoms with van der Waals surface area (Å²) < 4.78 is 9.40. The van der Waals surface area contributed by atoms with E-state index < -0.39 is 5.97 Å². The second-order valence-corrected chi connectivity index (χ2v) is 3.71. The molecule has 0 aliphatic rings. The lowest BCUT2D eigenvalue weighted by Crippen LogP contribution is -2.26. The molecule has 1 aromatic rings. The minimum atomic E-state index is -0.579. The molecule has 0 fully saturated rings. The van der Waals surface area contributed by atoms with E-state index in [1.54, 1.807) is 13.0 Å². The van der Waals surface area contributed by atoms with Crippen LogP contribution in [0.4, 0.5) is 0 Å². The summed E-state index contributed by atoms with van der Waals surface area (Å²) in [4.78, 5) is 22.9. The van der Waals surface area contributed by atoms with Crippen LogP contribution in [0.5, 0.6) is 0 Å². The first kappa shape index (κ1) is 13.9. The molecule has 18 heavy (non-hydrogen) atoms. The largest absolute Gasteiger partial charge is 0.464 e. The zero-order valence-corrected chi connectivity index (χ0v) is 10.8. The first-order valence-corrected chi connectivity index (χ1v) is 5.26. The summed E-state index contributed by atoms with van der Waals surface area (Å²) in [5, 5.41) is 8.56. The Morgan fingerprint density at radius 2 is 2.22 bits per heavy atom. The van der Waals surface area contributed by atoms with Gasteiger partial charge in [-0.1, -0.05) is 5.16 Å². The highest BCUT2D eigenvalue weighted by molar-refractivity contribution is 6.35. The van der Waals surface area contributed by atoms with Crippen LogP contribution in [0.3, 0.4) is 0 Å². The molecule has 0 spiro atoms. The number of rotatable bonds is 4. The summed E-state index contributed by atoms with van der Waals surface area (Å²) in [5.41, 5.74) is 0.803. The van der Waals surface area contributed by atoms with Crippen molar-refractivity contribution in [3.8, 4) is 0 Å². The van der Waals surface area contributed by atoms with Gasteiger partial charge in [0.15, 0.2) is 0 Å².